The summed E-state index contributed by atoms with van der Waals surface area (Å²) in [6.45, 7) is 12.0. The summed E-state index contributed by atoms with van der Waals surface area (Å²) in [6, 6.07) is 13.2. The molecule has 5 nitrogen and oxygen atoms in total. The van der Waals surface area contributed by atoms with Gasteiger partial charge in [-0.3, -0.25) is 9.59 Å². The van der Waals surface area contributed by atoms with Crippen LogP contribution in [-0.4, -0.2) is 35.4 Å². The molecule has 0 aliphatic heterocycles. The number of hydrogen-bond donors (Lipinski definition) is 1. The number of amides is 2. The van der Waals surface area contributed by atoms with Gasteiger partial charge in [0.2, 0.25) is 5.91 Å². The molecular formula is C25H34N2O3. The van der Waals surface area contributed by atoms with Crippen LogP contribution in [0.1, 0.15) is 49.4 Å². The molecule has 5 heteroatoms. The fraction of sp³-hybridized carbons (Fsp3) is 0.440. The first-order chi connectivity index (χ1) is 14.2. The highest BCUT2D eigenvalue weighted by Gasteiger charge is 2.27. The Kier molecular flexibility index (Phi) is 8.46. The lowest BCUT2D eigenvalue weighted by molar-refractivity contribution is -0.142. The van der Waals surface area contributed by atoms with Gasteiger partial charge in [0.15, 0.2) is 6.61 Å². The topological polar surface area (TPSA) is 58.6 Å². The van der Waals surface area contributed by atoms with Crippen LogP contribution in [-0.2, 0) is 16.1 Å². The first kappa shape index (κ1) is 23.5. The molecule has 0 saturated heterocycles. The monoisotopic (exact) mass is 410 g/mol. The normalized spacial score (nSPS) is 12.7. The molecule has 0 aliphatic carbocycles. The van der Waals surface area contributed by atoms with Crippen LogP contribution in [0.4, 0.5) is 0 Å². The Morgan fingerprint density at radius 1 is 1.07 bits per heavy atom. The standard InChI is InChI=1S/C25H34N2O3/c1-7-19(4)26-25(29)21(6)27(15-22-12-8-10-17(2)14-22)24(28)16-30-23-13-9-11-18(3)20(23)5/h8-14,19,21H,7,15-16H2,1-6H3,(H,26,29)/t19-,21-/m0/s1. The molecule has 0 bridgehead atoms. The summed E-state index contributed by atoms with van der Waals surface area (Å²) in [6.07, 6.45) is 0.833. The number of benzene rings is 2. The summed E-state index contributed by atoms with van der Waals surface area (Å²) < 4.78 is 5.83. The zero-order valence-corrected chi connectivity index (χ0v) is 19.0. The molecule has 2 atom stereocenters. The van der Waals surface area contributed by atoms with Gasteiger partial charge >= 0.3 is 0 Å². The van der Waals surface area contributed by atoms with E-state index in [1.165, 1.54) is 0 Å². The molecule has 30 heavy (non-hydrogen) atoms. The molecule has 2 aromatic rings. The molecule has 0 aromatic heterocycles. The summed E-state index contributed by atoms with van der Waals surface area (Å²) in [5.74, 6) is 0.317. The number of aryl methyl sites for hydroxylation is 2. The number of rotatable bonds is 9. The third-order valence-electron chi connectivity index (χ3n) is 5.51. The highest BCUT2D eigenvalue weighted by atomic mass is 16.5. The van der Waals surface area contributed by atoms with Crippen LogP contribution >= 0.6 is 0 Å². The van der Waals surface area contributed by atoms with Crippen LogP contribution in [0.15, 0.2) is 42.5 Å². The molecule has 2 amide bonds. The van der Waals surface area contributed by atoms with Crippen molar-refractivity contribution in [3.05, 3.63) is 64.7 Å². The van der Waals surface area contributed by atoms with Gasteiger partial charge in [-0.15, -0.1) is 0 Å². The maximum Gasteiger partial charge on any atom is 0.261 e. The summed E-state index contributed by atoms with van der Waals surface area (Å²) in [5, 5.41) is 2.98. The van der Waals surface area contributed by atoms with Crippen LogP contribution in [0.3, 0.4) is 0 Å². The van der Waals surface area contributed by atoms with Gasteiger partial charge in [0, 0.05) is 12.6 Å². The van der Waals surface area contributed by atoms with Gasteiger partial charge in [0.25, 0.3) is 5.91 Å². The van der Waals surface area contributed by atoms with Gasteiger partial charge < -0.3 is 15.0 Å². The highest BCUT2D eigenvalue weighted by molar-refractivity contribution is 5.88. The fourth-order valence-corrected chi connectivity index (χ4v) is 3.16. The summed E-state index contributed by atoms with van der Waals surface area (Å²) in [7, 11) is 0. The van der Waals surface area contributed by atoms with E-state index >= 15 is 0 Å². The molecule has 0 radical (unpaired) electrons. The number of hydrogen-bond acceptors (Lipinski definition) is 3. The van der Waals surface area contributed by atoms with Gasteiger partial charge in [-0.1, -0.05) is 48.9 Å². The van der Waals surface area contributed by atoms with Crippen molar-refractivity contribution in [2.24, 2.45) is 0 Å². The predicted octanol–water partition coefficient (Wildman–Crippen LogP) is 4.32. The van der Waals surface area contributed by atoms with Crippen LogP contribution < -0.4 is 10.1 Å². The minimum absolute atomic E-state index is 0.0575. The van der Waals surface area contributed by atoms with Crippen molar-refractivity contribution >= 4 is 11.8 Å². The Morgan fingerprint density at radius 2 is 1.77 bits per heavy atom. The molecule has 2 aromatic carbocycles. The van der Waals surface area contributed by atoms with E-state index in [9.17, 15) is 9.59 Å². The first-order valence-electron chi connectivity index (χ1n) is 10.6. The third-order valence-corrected chi connectivity index (χ3v) is 5.51. The quantitative estimate of drug-likeness (QED) is 0.670. The molecule has 0 unspecified atom stereocenters. The van der Waals surface area contributed by atoms with Crippen molar-refractivity contribution in [3.8, 4) is 5.75 Å². The third kappa shape index (κ3) is 6.34. The molecule has 0 heterocycles. The minimum Gasteiger partial charge on any atom is -0.483 e. The fourth-order valence-electron chi connectivity index (χ4n) is 3.16. The van der Waals surface area contributed by atoms with Gasteiger partial charge in [0.05, 0.1) is 0 Å². The van der Waals surface area contributed by atoms with Crippen molar-refractivity contribution in [1.82, 2.24) is 10.2 Å². The molecule has 2 rings (SSSR count). The van der Waals surface area contributed by atoms with E-state index in [1.807, 2.05) is 77.1 Å². The van der Waals surface area contributed by atoms with Crippen LogP contribution in [0.5, 0.6) is 5.75 Å². The molecule has 0 aliphatic rings. The predicted molar refractivity (Wildman–Crippen MR) is 120 cm³/mol. The van der Waals surface area contributed by atoms with E-state index in [0.717, 1.165) is 28.7 Å². The molecule has 162 valence electrons. The first-order valence-corrected chi connectivity index (χ1v) is 10.6. The van der Waals surface area contributed by atoms with E-state index in [2.05, 4.69) is 5.32 Å². The lowest BCUT2D eigenvalue weighted by Gasteiger charge is -2.29. The minimum atomic E-state index is -0.603. The SMILES string of the molecule is CC[C@H](C)NC(=O)[C@H](C)N(Cc1cccc(C)c1)C(=O)COc1cccc(C)c1C. The van der Waals surface area contributed by atoms with Gasteiger partial charge in [-0.05, 0) is 63.8 Å². The van der Waals surface area contributed by atoms with Crippen molar-refractivity contribution in [1.29, 1.82) is 0 Å². The number of carbonyl (C=O) groups is 2. The van der Waals surface area contributed by atoms with E-state index in [-0.39, 0.29) is 24.5 Å². The van der Waals surface area contributed by atoms with Gasteiger partial charge in [0.1, 0.15) is 11.8 Å². The lowest BCUT2D eigenvalue weighted by atomic mass is 10.1. The largest absolute Gasteiger partial charge is 0.483 e. The number of nitrogens with zero attached hydrogens (tertiary/aromatic N) is 1. The van der Waals surface area contributed by atoms with Crippen molar-refractivity contribution < 1.29 is 14.3 Å². The molecule has 0 fully saturated rings. The van der Waals surface area contributed by atoms with E-state index in [0.29, 0.717) is 12.3 Å². The van der Waals surface area contributed by atoms with Crippen LogP contribution in [0.25, 0.3) is 0 Å². The van der Waals surface area contributed by atoms with E-state index in [4.69, 9.17) is 4.74 Å². The van der Waals surface area contributed by atoms with Crippen LogP contribution in [0, 0.1) is 20.8 Å². The maximum atomic E-state index is 13.1. The Balaban J connectivity index is 2.19. The smallest absolute Gasteiger partial charge is 0.261 e. The molecule has 1 N–H and O–H groups in total. The van der Waals surface area contributed by atoms with Crippen LogP contribution in [0.2, 0.25) is 0 Å². The van der Waals surface area contributed by atoms with Crippen molar-refractivity contribution in [3.63, 3.8) is 0 Å². The van der Waals surface area contributed by atoms with E-state index < -0.39 is 6.04 Å². The second kappa shape index (κ2) is 10.8. The summed E-state index contributed by atoms with van der Waals surface area (Å²) >= 11 is 0. The Morgan fingerprint density at radius 3 is 2.43 bits per heavy atom. The number of ether oxygens (including phenoxy) is 1. The van der Waals surface area contributed by atoms with Gasteiger partial charge in [-0.2, -0.15) is 0 Å². The molecule has 0 saturated carbocycles. The van der Waals surface area contributed by atoms with Gasteiger partial charge in [-0.25, -0.2) is 0 Å². The second-order valence-electron chi connectivity index (χ2n) is 7.99. The number of carbonyl (C=O) groups excluding carboxylic acids is 2. The molecular weight excluding hydrogens is 376 g/mol. The second-order valence-corrected chi connectivity index (χ2v) is 7.99. The maximum absolute atomic E-state index is 13.1. The summed E-state index contributed by atoms with van der Waals surface area (Å²) in [4.78, 5) is 27.5. The summed E-state index contributed by atoms with van der Waals surface area (Å²) in [5.41, 5.74) is 4.22. The van der Waals surface area contributed by atoms with E-state index in [1.54, 1.807) is 11.8 Å². The Hall–Kier alpha value is -2.82. The van der Waals surface area contributed by atoms with Crippen molar-refractivity contribution in [2.75, 3.05) is 6.61 Å². The molecule has 0 spiro atoms. The lowest BCUT2D eigenvalue weighted by Crippen LogP contribution is -2.50. The number of nitrogens with one attached hydrogen (secondary N) is 1. The zero-order valence-electron chi connectivity index (χ0n) is 19.0. The Bertz CT molecular complexity index is 878. The average molecular weight is 411 g/mol. The van der Waals surface area contributed by atoms with Crippen molar-refractivity contribution in [2.45, 2.75) is 66.6 Å². The average Bonchev–Trinajstić information content (AvgIpc) is 2.72. The zero-order chi connectivity index (χ0) is 22.3. The Labute approximate surface area is 180 Å². The highest BCUT2D eigenvalue weighted by Crippen LogP contribution is 2.21.